The summed E-state index contributed by atoms with van der Waals surface area (Å²) >= 11 is 0. The molecule has 3 atom stereocenters. The van der Waals surface area contributed by atoms with E-state index in [1.54, 1.807) is 18.3 Å². The van der Waals surface area contributed by atoms with Gasteiger partial charge in [0.25, 0.3) is 5.56 Å². The Kier molecular flexibility index (Phi) is 6.59. The van der Waals surface area contributed by atoms with E-state index in [1.165, 1.54) is 12.1 Å². The van der Waals surface area contributed by atoms with Gasteiger partial charge >= 0.3 is 6.18 Å². The van der Waals surface area contributed by atoms with E-state index >= 15 is 0 Å². The molecule has 2 aromatic heterocycles. The Morgan fingerprint density at radius 1 is 1.14 bits per heavy atom. The summed E-state index contributed by atoms with van der Waals surface area (Å²) < 4.78 is 48.9. The van der Waals surface area contributed by atoms with Crippen LogP contribution in [0.4, 0.5) is 24.7 Å². The van der Waals surface area contributed by atoms with Gasteiger partial charge in [0.05, 0.1) is 18.2 Å². The van der Waals surface area contributed by atoms with Crippen LogP contribution in [0.1, 0.15) is 56.7 Å². The molecule has 3 heterocycles. The predicted octanol–water partition coefficient (Wildman–Crippen LogP) is 5.20. The number of ether oxygens (including phenoxy) is 1. The first-order valence-corrected chi connectivity index (χ1v) is 12.2. The molecule has 5 rings (SSSR count). The fourth-order valence-corrected chi connectivity index (χ4v) is 5.18. The topological polar surface area (TPSA) is 84.0 Å². The zero-order valence-electron chi connectivity index (χ0n) is 19.6. The maximum Gasteiger partial charge on any atom is 0.407 e. The molecule has 0 spiro atoms. The maximum absolute atomic E-state index is 13.8. The fraction of sp³-hybridized carbons (Fsp3) is 0.520. The Bertz CT molecular complexity index is 1210. The fourth-order valence-electron chi connectivity index (χ4n) is 5.18. The Morgan fingerprint density at radius 3 is 2.57 bits per heavy atom. The normalized spacial score (nSPS) is 22.5. The molecule has 188 valence electrons. The maximum atomic E-state index is 13.8. The van der Waals surface area contributed by atoms with Crippen LogP contribution in [0, 0.1) is 5.92 Å². The minimum atomic E-state index is -4.39. The summed E-state index contributed by atoms with van der Waals surface area (Å²) in [5, 5.41) is 11.0. The molecule has 1 saturated carbocycles. The summed E-state index contributed by atoms with van der Waals surface area (Å²) in [5.41, 5.74) is 1.12. The highest BCUT2D eigenvalue weighted by Crippen LogP contribution is 2.36. The largest absolute Gasteiger partial charge is 0.407 e. The number of nitrogens with one attached hydrogen (secondary N) is 3. The lowest BCUT2D eigenvalue weighted by molar-refractivity contribution is -0.159. The van der Waals surface area contributed by atoms with Gasteiger partial charge in [-0.2, -0.15) is 18.3 Å². The van der Waals surface area contributed by atoms with Gasteiger partial charge < -0.3 is 15.0 Å². The lowest BCUT2D eigenvalue weighted by Crippen LogP contribution is -2.39. The SMILES string of the molecule is C[C@H]1CCOC[C@@H]1n1nc(Nc2ccc(C(NC3CCCC3)C(F)(F)F)cc2)c2c(=O)[nH]ccc21. The number of nitrogens with zero attached hydrogens (tertiary/aromatic N) is 2. The molecule has 35 heavy (non-hydrogen) atoms. The van der Waals surface area contributed by atoms with E-state index in [0.717, 1.165) is 32.1 Å². The van der Waals surface area contributed by atoms with Crippen LogP contribution < -0.4 is 16.2 Å². The molecule has 1 aromatic carbocycles. The van der Waals surface area contributed by atoms with E-state index in [-0.39, 0.29) is 23.2 Å². The first kappa shape index (κ1) is 23.9. The molecule has 1 aliphatic carbocycles. The van der Waals surface area contributed by atoms with Crippen LogP contribution in [-0.4, -0.2) is 40.2 Å². The van der Waals surface area contributed by atoms with E-state index in [4.69, 9.17) is 9.84 Å². The number of H-pyrrole nitrogens is 1. The van der Waals surface area contributed by atoms with E-state index in [1.807, 2.05) is 10.7 Å². The van der Waals surface area contributed by atoms with Crippen LogP contribution in [-0.2, 0) is 4.74 Å². The van der Waals surface area contributed by atoms with Crippen molar-refractivity contribution < 1.29 is 17.9 Å². The zero-order valence-corrected chi connectivity index (χ0v) is 19.6. The van der Waals surface area contributed by atoms with Gasteiger partial charge in [-0.25, -0.2) is 0 Å². The highest BCUT2D eigenvalue weighted by molar-refractivity contribution is 5.91. The molecule has 0 bridgehead atoms. The van der Waals surface area contributed by atoms with Crippen LogP contribution in [0.25, 0.3) is 10.9 Å². The molecule has 1 saturated heterocycles. The van der Waals surface area contributed by atoms with Crippen LogP contribution in [0.5, 0.6) is 0 Å². The number of halogens is 3. The van der Waals surface area contributed by atoms with Crippen LogP contribution >= 0.6 is 0 Å². The molecule has 0 amide bonds. The molecular weight excluding hydrogens is 459 g/mol. The summed E-state index contributed by atoms with van der Waals surface area (Å²) in [7, 11) is 0. The summed E-state index contributed by atoms with van der Waals surface area (Å²) in [4.78, 5) is 15.4. The van der Waals surface area contributed by atoms with Gasteiger partial charge in [0.15, 0.2) is 5.82 Å². The Balaban J connectivity index is 1.42. The molecule has 1 unspecified atom stereocenters. The van der Waals surface area contributed by atoms with E-state index in [9.17, 15) is 18.0 Å². The third-order valence-corrected chi connectivity index (χ3v) is 7.20. The summed E-state index contributed by atoms with van der Waals surface area (Å²) in [6.45, 7) is 3.34. The third-order valence-electron chi connectivity index (χ3n) is 7.20. The summed E-state index contributed by atoms with van der Waals surface area (Å²) in [6, 6.07) is 6.11. The van der Waals surface area contributed by atoms with Crippen molar-refractivity contribution in [2.24, 2.45) is 5.92 Å². The van der Waals surface area contributed by atoms with Crippen molar-refractivity contribution >= 4 is 22.4 Å². The lowest BCUT2D eigenvalue weighted by atomic mass is 9.97. The number of hydrogen-bond donors (Lipinski definition) is 3. The molecule has 2 fully saturated rings. The average Bonchev–Trinajstić information content (AvgIpc) is 3.47. The Morgan fingerprint density at radius 2 is 1.89 bits per heavy atom. The predicted molar refractivity (Wildman–Crippen MR) is 128 cm³/mol. The minimum Gasteiger partial charge on any atom is -0.379 e. The van der Waals surface area contributed by atoms with Gasteiger partial charge in [0.2, 0.25) is 0 Å². The van der Waals surface area contributed by atoms with Gasteiger partial charge in [0.1, 0.15) is 11.4 Å². The molecule has 7 nitrogen and oxygen atoms in total. The lowest BCUT2D eigenvalue weighted by Gasteiger charge is -2.29. The minimum absolute atomic E-state index is 0.0137. The number of alkyl halides is 3. The number of aromatic nitrogens is 3. The van der Waals surface area contributed by atoms with Crippen molar-refractivity contribution in [1.82, 2.24) is 20.1 Å². The monoisotopic (exact) mass is 489 g/mol. The molecule has 2 aliphatic rings. The van der Waals surface area contributed by atoms with Crippen LogP contribution in [0.3, 0.4) is 0 Å². The molecular formula is C25H30F3N5O2. The van der Waals surface area contributed by atoms with Gasteiger partial charge in [0, 0.05) is 24.5 Å². The molecule has 10 heteroatoms. The number of anilines is 2. The van der Waals surface area contributed by atoms with Crippen molar-refractivity contribution in [2.45, 2.75) is 63.3 Å². The zero-order chi connectivity index (χ0) is 24.6. The molecule has 1 aliphatic heterocycles. The van der Waals surface area contributed by atoms with E-state index in [0.29, 0.717) is 41.5 Å². The number of pyridine rings is 1. The number of aromatic amines is 1. The van der Waals surface area contributed by atoms with E-state index < -0.39 is 12.2 Å². The number of hydrogen-bond acceptors (Lipinski definition) is 5. The quantitative estimate of drug-likeness (QED) is 0.443. The van der Waals surface area contributed by atoms with Crippen molar-refractivity contribution in [3.05, 3.63) is 52.4 Å². The smallest absolute Gasteiger partial charge is 0.379 e. The highest BCUT2D eigenvalue weighted by Gasteiger charge is 2.42. The first-order valence-electron chi connectivity index (χ1n) is 12.2. The number of fused-ring (bicyclic) bond motifs is 1. The third kappa shape index (κ3) is 4.95. The second-order valence-electron chi connectivity index (χ2n) is 9.64. The second kappa shape index (κ2) is 9.66. The van der Waals surface area contributed by atoms with Crippen LogP contribution in [0.15, 0.2) is 41.3 Å². The van der Waals surface area contributed by atoms with Gasteiger partial charge in [-0.1, -0.05) is 31.9 Å². The van der Waals surface area contributed by atoms with Crippen LogP contribution in [0.2, 0.25) is 0 Å². The van der Waals surface area contributed by atoms with Gasteiger partial charge in [-0.05, 0) is 48.9 Å². The van der Waals surface area contributed by atoms with Crippen molar-refractivity contribution in [2.75, 3.05) is 18.5 Å². The number of benzene rings is 1. The molecule has 3 aromatic rings. The van der Waals surface area contributed by atoms with E-state index in [2.05, 4.69) is 22.5 Å². The summed E-state index contributed by atoms with van der Waals surface area (Å²) in [5.74, 6) is 0.689. The Hall–Kier alpha value is -2.85. The molecule has 3 N–H and O–H groups in total. The number of rotatable bonds is 6. The Labute approximate surface area is 201 Å². The first-order chi connectivity index (χ1) is 16.8. The van der Waals surface area contributed by atoms with Gasteiger partial charge in [-0.3, -0.25) is 14.8 Å². The van der Waals surface area contributed by atoms with Crippen molar-refractivity contribution in [1.29, 1.82) is 0 Å². The molecule has 0 radical (unpaired) electrons. The second-order valence-corrected chi connectivity index (χ2v) is 9.64. The highest BCUT2D eigenvalue weighted by atomic mass is 19.4. The summed E-state index contributed by atoms with van der Waals surface area (Å²) in [6.07, 6.45) is 1.53. The van der Waals surface area contributed by atoms with Gasteiger partial charge in [-0.15, -0.1) is 0 Å². The van der Waals surface area contributed by atoms with Crippen molar-refractivity contribution in [3.63, 3.8) is 0 Å². The average molecular weight is 490 g/mol. The standard InChI is InChI=1S/C25H30F3N5O2/c1-15-11-13-35-14-20(15)33-19-10-12-29-24(34)21(19)23(32-33)31-18-8-6-16(7-9-18)22(25(26,27)28)30-17-4-2-3-5-17/h6-10,12,15,17,20,22,30H,2-5,11,13-14H2,1H3,(H,29,34)(H,31,32)/t15-,20-,22?/m0/s1. The van der Waals surface area contributed by atoms with Crippen molar-refractivity contribution in [3.8, 4) is 0 Å².